The quantitative estimate of drug-likeness (QED) is 0.918. The number of carbonyl (C=O) groups excluding carboxylic acids is 1. The van der Waals surface area contributed by atoms with Crippen LogP contribution in [0, 0.1) is 0 Å². The van der Waals surface area contributed by atoms with Crippen molar-refractivity contribution < 1.29 is 9.53 Å². The number of methoxy groups -OCH3 is 1. The van der Waals surface area contributed by atoms with E-state index >= 15 is 0 Å². The third kappa shape index (κ3) is 3.74. The van der Waals surface area contributed by atoms with Crippen molar-refractivity contribution in [3.8, 4) is 0 Å². The van der Waals surface area contributed by atoms with E-state index in [4.69, 9.17) is 4.74 Å². The van der Waals surface area contributed by atoms with Gasteiger partial charge in [-0.05, 0) is 41.7 Å². The normalized spacial score (nSPS) is 17.0. The average Bonchev–Trinajstić information content (AvgIpc) is 3.11. The zero-order chi connectivity index (χ0) is 16.8. The molecular formula is C19H23N3O2. The molecule has 0 radical (unpaired) electrons. The lowest BCUT2D eigenvalue weighted by Crippen LogP contribution is -2.39. The highest BCUT2D eigenvalue weighted by Crippen LogP contribution is 2.31. The number of pyridine rings is 1. The monoisotopic (exact) mass is 325 g/mol. The van der Waals surface area contributed by atoms with Crippen LogP contribution in [0.3, 0.4) is 0 Å². The molecule has 1 saturated heterocycles. The first kappa shape index (κ1) is 16.5. The summed E-state index contributed by atoms with van der Waals surface area (Å²) in [6.07, 6.45) is 5.59. The molecule has 5 heteroatoms. The number of amides is 2. The number of hydrogen-bond acceptors (Lipinski definition) is 3. The van der Waals surface area contributed by atoms with E-state index in [1.54, 1.807) is 19.5 Å². The molecule has 0 spiro atoms. The van der Waals surface area contributed by atoms with Crippen LogP contribution in [0.2, 0.25) is 0 Å². The number of likely N-dealkylation sites (tertiary alicyclic amines) is 1. The van der Waals surface area contributed by atoms with E-state index in [-0.39, 0.29) is 12.1 Å². The van der Waals surface area contributed by atoms with Gasteiger partial charge in [-0.2, -0.15) is 0 Å². The zero-order valence-corrected chi connectivity index (χ0v) is 13.9. The van der Waals surface area contributed by atoms with E-state index in [9.17, 15) is 4.79 Å². The van der Waals surface area contributed by atoms with Crippen molar-refractivity contribution in [3.63, 3.8) is 0 Å². The fourth-order valence-corrected chi connectivity index (χ4v) is 3.24. The van der Waals surface area contributed by atoms with Crippen molar-refractivity contribution in [2.75, 3.05) is 13.7 Å². The van der Waals surface area contributed by atoms with Gasteiger partial charge >= 0.3 is 6.03 Å². The maximum Gasteiger partial charge on any atom is 0.318 e. The molecule has 2 heterocycles. The molecule has 0 saturated carbocycles. The summed E-state index contributed by atoms with van der Waals surface area (Å²) in [7, 11) is 1.68. The van der Waals surface area contributed by atoms with Gasteiger partial charge in [0.25, 0.3) is 0 Å². The highest BCUT2D eigenvalue weighted by atomic mass is 16.5. The van der Waals surface area contributed by atoms with E-state index in [0.29, 0.717) is 13.2 Å². The molecule has 2 amide bonds. The minimum atomic E-state index is -0.0125. The predicted octanol–water partition coefficient (Wildman–Crippen LogP) is 3.27. The van der Waals surface area contributed by atoms with Gasteiger partial charge in [-0.15, -0.1) is 0 Å². The predicted molar refractivity (Wildman–Crippen MR) is 92.3 cm³/mol. The second-order valence-electron chi connectivity index (χ2n) is 5.99. The molecule has 1 aromatic heterocycles. The summed E-state index contributed by atoms with van der Waals surface area (Å²) >= 11 is 0. The lowest BCUT2D eigenvalue weighted by molar-refractivity contribution is 0.183. The molecule has 1 unspecified atom stereocenters. The number of hydrogen-bond donors (Lipinski definition) is 1. The first-order valence-electron chi connectivity index (χ1n) is 8.29. The maximum atomic E-state index is 12.6. The van der Waals surface area contributed by atoms with Crippen molar-refractivity contribution in [3.05, 3.63) is 65.5 Å². The number of nitrogens with one attached hydrogen (secondary N) is 1. The summed E-state index contributed by atoms with van der Waals surface area (Å²) in [6, 6.07) is 12.1. The van der Waals surface area contributed by atoms with Gasteiger partial charge in [-0.3, -0.25) is 4.98 Å². The molecule has 1 aliphatic rings. The van der Waals surface area contributed by atoms with Gasteiger partial charge < -0.3 is 15.0 Å². The van der Waals surface area contributed by atoms with Gasteiger partial charge in [0.15, 0.2) is 0 Å². The fraction of sp³-hybridized carbons (Fsp3) is 0.368. The molecule has 126 valence electrons. The van der Waals surface area contributed by atoms with Gasteiger partial charge in [-0.25, -0.2) is 4.79 Å². The number of benzene rings is 1. The molecule has 1 aliphatic heterocycles. The topological polar surface area (TPSA) is 54.5 Å². The largest absolute Gasteiger partial charge is 0.380 e. The first-order chi connectivity index (χ1) is 11.8. The number of ether oxygens (including phenoxy) is 1. The van der Waals surface area contributed by atoms with Crippen LogP contribution in [0.4, 0.5) is 4.79 Å². The van der Waals surface area contributed by atoms with Crippen LogP contribution >= 0.6 is 0 Å². The summed E-state index contributed by atoms with van der Waals surface area (Å²) in [6.45, 7) is 1.85. The SMILES string of the molecule is COCc1ccccc1CNC(=O)N1CCCC1c1ccncc1. The lowest BCUT2D eigenvalue weighted by Gasteiger charge is -2.25. The number of carbonyl (C=O) groups is 1. The van der Waals surface area contributed by atoms with Crippen LogP contribution in [0.1, 0.15) is 35.6 Å². The second-order valence-corrected chi connectivity index (χ2v) is 5.99. The summed E-state index contributed by atoms with van der Waals surface area (Å²) in [4.78, 5) is 18.6. The third-order valence-electron chi connectivity index (χ3n) is 4.45. The van der Waals surface area contributed by atoms with Crippen LogP contribution < -0.4 is 5.32 Å². The molecule has 1 fully saturated rings. The van der Waals surface area contributed by atoms with Gasteiger partial charge in [0.1, 0.15) is 0 Å². The molecule has 2 aromatic rings. The molecule has 0 aliphatic carbocycles. The number of nitrogens with zero attached hydrogens (tertiary/aromatic N) is 2. The van der Waals surface area contributed by atoms with E-state index < -0.39 is 0 Å². The first-order valence-corrected chi connectivity index (χ1v) is 8.29. The Morgan fingerprint density at radius 3 is 2.75 bits per heavy atom. The van der Waals surface area contributed by atoms with Crippen molar-refractivity contribution in [1.82, 2.24) is 15.2 Å². The Kier molecular flexibility index (Phi) is 5.43. The smallest absolute Gasteiger partial charge is 0.318 e. The Hall–Kier alpha value is -2.40. The van der Waals surface area contributed by atoms with Crippen LogP contribution in [0.25, 0.3) is 0 Å². The Morgan fingerprint density at radius 1 is 1.25 bits per heavy atom. The Morgan fingerprint density at radius 2 is 2.00 bits per heavy atom. The Labute approximate surface area is 142 Å². The molecule has 1 aromatic carbocycles. The van der Waals surface area contributed by atoms with Crippen LogP contribution in [0.5, 0.6) is 0 Å². The van der Waals surface area contributed by atoms with Crippen molar-refractivity contribution >= 4 is 6.03 Å². The molecule has 1 N–H and O–H groups in total. The van der Waals surface area contributed by atoms with Gasteiger partial charge in [0.05, 0.1) is 12.6 Å². The van der Waals surface area contributed by atoms with Gasteiger partial charge in [-0.1, -0.05) is 24.3 Å². The lowest BCUT2D eigenvalue weighted by atomic mass is 10.1. The number of aromatic nitrogens is 1. The zero-order valence-electron chi connectivity index (χ0n) is 13.9. The summed E-state index contributed by atoms with van der Waals surface area (Å²) in [5.41, 5.74) is 3.34. The molecule has 1 atom stereocenters. The Bertz CT molecular complexity index is 675. The molecule has 24 heavy (non-hydrogen) atoms. The van der Waals surface area contributed by atoms with Gasteiger partial charge in [0.2, 0.25) is 0 Å². The Balaban J connectivity index is 1.65. The van der Waals surface area contributed by atoms with E-state index in [1.165, 1.54) is 0 Å². The third-order valence-corrected chi connectivity index (χ3v) is 4.45. The van der Waals surface area contributed by atoms with Crippen LogP contribution in [-0.4, -0.2) is 29.6 Å². The van der Waals surface area contributed by atoms with Crippen molar-refractivity contribution in [2.45, 2.75) is 32.0 Å². The van der Waals surface area contributed by atoms with Gasteiger partial charge in [0, 0.05) is 32.6 Å². The molecule has 0 bridgehead atoms. The average molecular weight is 325 g/mol. The highest BCUT2D eigenvalue weighted by Gasteiger charge is 2.29. The molecular weight excluding hydrogens is 302 g/mol. The minimum Gasteiger partial charge on any atom is -0.380 e. The maximum absolute atomic E-state index is 12.6. The van der Waals surface area contributed by atoms with E-state index in [1.807, 2.05) is 41.3 Å². The standard InChI is InChI=1S/C19H23N3O2/c1-24-14-17-6-3-2-5-16(17)13-21-19(23)22-12-4-7-18(22)15-8-10-20-11-9-15/h2-3,5-6,8-11,18H,4,7,12-14H2,1H3,(H,21,23). The van der Waals surface area contributed by atoms with Crippen molar-refractivity contribution in [2.24, 2.45) is 0 Å². The molecule has 5 nitrogen and oxygen atoms in total. The van der Waals surface area contributed by atoms with E-state index in [0.717, 1.165) is 36.1 Å². The molecule has 3 rings (SSSR count). The minimum absolute atomic E-state index is 0.0125. The summed E-state index contributed by atoms with van der Waals surface area (Å²) in [5.74, 6) is 0. The second kappa shape index (κ2) is 7.93. The summed E-state index contributed by atoms with van der Waals surface area (Å²) in [5, 5.41) is 3.06. The van der Waals surface area contributed by atoms with Crippen LogP contribution in [-0.2, 0) is 17.9 Å². The van der Waals surface area contributed by atoms with Crippen molar-refractivity contribution in [1.29, 1.82) is 0 Å². The number of rotatable bonds is 5. The summed E-state index contributed by atoms with van der Waals surface area (Å²) < 4.78 is 5.22. The van der Waals surface area contributed by atoms with E-state index in [2.05, 4.69) is 10.3 Å². The van der Waals surface area contributed by atoms with Crippen LogP contribution in [0.15, 0.2) is 48.8 Å². The number of urea groups is 1. The fourth-order valence-electron chi connectivity index (χ4n) is 3.24. The highest BCUT2D eigenvalue weighted by molar-refractivity contribution is 5.75.